The molecule has 1 amide bonds. The van der Waals surface area contributed by atoms with E-state index in [1.807, 2.05) is 0 Å². The molecule has 1 aromatic heterocycles. The van der Waals surface area contributed by atoms with E-state index < -0.39 is 80.2 Å². The molecule has 0 aliphatic carbocycles. The molecule has 0 aromatic carbocycles. The van der Waals surface area contributed by atoms with Crippen LogP contribution in [-0.4, -0.2) is 65.1 Å². The number of aliphatic hydroxyl groups excluding tert-OH is 1. The molecule has 12 nitrogen and oxygen atoms in total. The molecule has 40 heavy (non-hydrogen) atoms. The number of nitrogens with zero attached hydrogens (tertiary/aromatic N) is 2. The van der Waals surface area contributed by atoms with Gasteiger partial charge in [-0.25, -0.2) is 19.0 Å². The highest BCUT2D eigenvalue weighted by atomic mass is 28.4. The van der Waals surface area contributed by atoms with Crippen molar-refractivity contribution in [3.8, 4) is 0 Å². The fourth-order valence-corrected chi connectivity index (χ4v) is 4.61. The summed E-state index contributed by atoms with van der Waals surface area (Å²) in [5.41, 5.74) is -3.10. The number of amides is 1. The minimum absolute atomic E-state index is 0.0436. The number of rotatable bonds is 9. The van der Waals surface area contributed by atoms with Crippen LogP contribution >= 0.6 is 0 Å². The van der Waals surface area contributed by atoms with Crippen LogP contribution in [0.1, 0.15) is 68.0 Å². The summed E-state index contributed by atoms with van der Waals surface area (Å²) in [5.74, 6) is -2.65. The Morgan fingerprint density at radius 2 is 1.80 bits per heavy atom. The van der Waals surface area contributed by atoms with Gasteiger partial charge in [0.15, 0.2) is 15.0 Å². The van der Waals surface area contributed by atoms with E-state index in [4.69, 9.17) is 18.6 Å². The maximum absolute atomic E-state index is 14.6. The minimum Gasteiger partial charge on any atom is -0.444 e. The minimum atomic E-state index is -2.15. The Bertz CT molecular complexity index is 1180. The van der Waals surface area contributed by atoms with Crippen LogP contribution in [0.25, 0.3) is 0 Å². The predicted molar refractivity (Wildman–Crippen MR) is 147 cm³/mol. The number of carbonyl (C=O) groups excluding carboxylic acids is 2. The lowest BCUT2D eigenvalue weighted by Crippen LogP contribution is -2.48. The van der Waals surface area contributed by atoms with Crippen LogP contribution in [0.3, 0.4) is 0 Å². The van der Waals surface area contributed by atoms with Gasteiger partial charge in [0.2, 0.25) is 5.82 Å². The number of esters is 1. The predicted octanol–water partition coefficient (Wildman–Crippen LogP) is 2.87. The Labute approximate surface area is 234 Å². The second-order valence-electron chi connectivity index (χ2n) is 12.9. The second-order valence-corrected chi connectivity index (χ2v) is 17.7. The Balaban J connectivity index is 2.19. The average molecular weight is 590 g/mol. The van der Waals surface area contributed by atoms with Gasteiger partial charge in [0.25, 0.3) is 5.56 Å². The lowest BCUT2D eigenvalue weighted by molar-refractivity contribution is -0.151. The zero-order chi connectivity index (χ0) is 30.8. The van der Waals surface area contributed by atoms with E-state index in [0.29, 0.717) is 10.8 Å². The van der Waals surface area contributed by atoms with E-state index in [1.54, 1.807) is 34.6 Å². The summed E-state index contributed by atoms with van der Waals surface area (Å²) in [6.07, 6.45) is -3.02. The molecule has 2 N–H and O–H groups in total. The van der Waals surface area contributed by atoms with E-state index >= 15 is 0 Å². The molecule has 0 unspecified atom stereocenters. The molecular weight excluding hydrogens is 545 g/mol. The summed E-state index contributed by atoms with van der Waals surface area (Å²) in [4.78, 5) is 50.5. The van der Waals surface area contributed by atoms with Crippen molar-refractivity contribution < 1.29 is 37.7 Å². The molecule has 0 bridgehead atoms. The average Bonchev–Trinajstić information content (AvgIpc) is 3.16. The number of hydrogen-bond acceptors (Lipinski definition) is 9. The van der Waals surface area contributed by atoms with E-state index in [1.165, 1.54) is 0 Å². The number of halogens is 1. The molecule has 1 aliphatic heterocycles. The first kappa shape index (κ1) is 33.7. The second kappa shape index (κ2) is 12.5. The third-order valence-electron chi connectivity index (χ3n) is 7.01. The van der Waals surface area contributed by atoms with Crippen LogP contribution in [0.2, 0.25) is 18.1 Å². The van der Waals surface area contributed by atoms with Crippen molar-refractivity contribution in [3.63, 3.8) is 0 Å². The Morgan fingerprint density at radius 1 is 1.20 bits per heavy atom. The lowest BCUT2D eigenvalue weighted by atomic mass is 10.1. The Hall–Kier alpha value is -2.55. The summed E-state index contributed by atoms with van der Waals surface area (Å²) in [6.45, 7) is 17.8. The SMILES string of the molecule is CC(C)[C@H](NC(=O)OC(C)(C)C)C(=O)OCn1c(=O)c(F)cn([C@H]2C[C@H](O)[C@@H](CO[Si](C)(C)C(C)(C)C)O2)c1=O. The molecule has 1 fully saturated rings. The Morgan fingerprint density at radius 3 is 2.33 bits per heavy atom. The molecular formula is C26H44FN3O9Si. The number of carbonyl (C=O) groups is 2. The van der Waals surface area contributed by atoms with Crippen molar-refractivity contribution in [3.05, 3.63) is 32.9 Å². The molecule has 0 spiro atoms. The van der Waals surface area contributed by atoms with E-state index in [9.17, 15) is 28.7 Å². The highest BCUT2D eigenvalue weighted by molar-refractivity contribution is 6.74. The molecule has 4 atom stereocenters. The molecule has 228 valence electrons. The zero-order valence-corrected chi connectivity index (χ0v) is 26.1. The van der Waals surface area contributed by atoms with Crippen molar-refractivity contribution in [1.82, 2.24) is 14.5 Å². The summed E-state index contributed by atoms with van der Waals surface area (Å²) < 4.78 is 38.1. The Kier molecular flexibility index (Phi) is 10.5. The molecule has 1 saturated heterocycles. The number of alkyl carbamates (subject to hydrolysis) is 1. The summed E-state index contributed by atoms with van der Waals surface area (Å²) in [6, 6.07) is -1.16. The zero-order valence-electron chi connectivity index (χ0n) is 25.1. The van der Waals surface area contributed by atoms with Gasteiger partial charge in [-0.15, -0.1) is 0 Å². The van der Waals surface area contributed by atoms with Crippen LogP contribution in [0.5, 0.6) is 0 Å². The van der Waals surface area contributed by atoms with Crippen molar-refractivity contribution in [1.29, 1.82) is 0 Å². The molecule has 14 heteroatoms. The van der Waals surface area contributed by atoms with Crippen LogP contribution in [0.15, 0.2) is 15.8 Å². The van der Waals surface area contributed by atoms with Crippen molar-refractivity contribution >= 4 is 20.4 Å². The van der Waals surface area contributed by atoms with E-state index in [-0.39, 0.29) is 18.1 Å². The van der Waals surface area contributed by atoms with Crippen LogP contribution in [-0.2, 0) is 30.2 Å². The first-order valence-corrected chi connectivity index (χ1v) is 16.2. The van der Waals surface area contributed by atoms with E-state index in [2.05, 4.69) is 39.2 Å². The van der Waals surface area contributed by atoms with Crippen LogP contribution in [0.4, 0.5) is 9.18 Å². The first-order chi connectivity index (χ1) is 18.1. The maximum atomic E-state index is 14.6. The number of nitrogens with one attached hydrogen (secondary N) is 1. The number of hydrogen-bond donors (Lipinski definition) is 2. The number of aromatic nitrogens is 2. The van der Waals surface area contributed by atoms with Crippen LogP contribution in [0, 0.1) is 11.7 Å². The van der Waals surface area contributed by atoms with Gasteiger partial charge < -0.3 is 29.1 Å². The van der Waals surface area contributed by atoms with Gasteiger partial charge >= 0.3 is 17.8 Å². The van der Waals surface area contributed by atoms with Gasteiger partial charge in [-0.3, -0.25) is 9.36 Å². The molecule has 0 saturated carbocycles. The van der Waals surface area contributed by atoms with Gasteiger partial charge in [-0.1, -0.05) is 34.6 Å². The van der Waals surface area contributed by atoms with Crippen molar-refractivity contribution in [2.75, 3.05) is 6.61 Å². The third kappa shape index (κ3) is 8.48. The molecule has 0 radical (unpaired) electrons. The van der Waals surface area contributed by atoms with Crippen molar-refractivity contribution in [2.45, 2.75) is 117 Å². The van der Waals surface area contributed by atoms with Gasteiger partial charge in [0.05, 0.1) is 18.9 Å². The molecule has 1 aromatic rings. The van der Waals surface area contributed by atoms with Crippen molar-refractivity contribution in [2.24, 2.45) is 5.92 Å². The van der Waals surface area contributed by atoms with Gasteiger partial charge in [0.1, 0.15) is 24.0 Å². The quantitative estimate of drug-likeness (QED) is 0.328. The number of ether oxygens (including phenoxy) is 3. The largest absolute Gasteiger partial charge is 0.444 e. The van der Waals surface area contributed by atoms with Gasteiger partial charge in [0, 0.05) is 6.42 Å². The standard InChI is InChI=1S/C26H44FN3O9Si/c1-15(2)20(28-23(34)39-25(3,4)5)22(33)36-14-30-21(32)16(27)12-29(24(30)35)19-11-17(31)18(38-19)13-37-40(9,10)26(6,7)8/h12,15,17-20,31H,11,13-14H2,1-10H3,(H,28,34)/t17-,18+,19+,20-/m0/s1. The fraction of sp³-hybridized carbons (Fsp3) is 0.769. The highest BCUT2D eigenvalue weighted by Crippen LogP contribution is 2.37. The summed E-state index contributed by atoms with van der Waals surface area (Å²) in [7, 11) is -2.15. The van der Waals surface area contributed by atoms with Crippen LogP contribution < -0.4 is 16.6 Å². The normalized spacial score (nSPS) is 20.9. The first-order valence-electron chi connectivity index (χ1n) is 13.3. The molecule has 1 aliphatic rings. The molecule has 2 rings (SSSR count). The monoisotopic (exact) mass is 589 g/mol. The summed E-state index contributed by atoms with van der Waals surface area (Å²) >= 11 is 0. The molecule has 2 heterocycles. The smallest absolute Gasteiger partial charge is 0.408 e. The maximum Gasteiger partial charge on any atom is 0.408 e. The van der Waals surface area contributed by atoms with E-state index in [0.717, 1.165) is 4.57 Å². The lowest BCUT2D eigenvalue weighted by Gasteiger charge is -2.37. The van der Waals surface area contributed by atoms with Gasteiger partial charge in [-0.05, 0) is 44.8 Å². The number of aliphatic hydroxyl groups is 1. The highest BCUT2D eigenvalue weighted by Gasteiger charge is 2.41. The third-order valence-corrected chi connectivity index (χ3v) is 11.5. The van der Waals surface area contributed by atoms with Gasteiger partial charge in [-0.2, -0.15) is 4.39 Å². The topological polar surface area (TPSA) is 147 Å². The fourth-order valence-electron chi connectivity index (χ4n) is 3.60. The summed E-state index contributed by atoms with van der Waals surface area (Å²) in [5, 5.41) is 12.9.